The normalized spacial score (nSPS) is 11.6. The van der Waals surface area contributed by atoms with E-state index < -0.39 is 0 Å². The van der Waals surface area contributed by atoms with Crippen LogP contribution in [0.5, 0.6) is 0 Å². The summed E-state index contributed by atoms with van der Waals surface area (Å²) >= 11 is 7.46. The first kappa shape index (κ1) is 15.8. The van der Waals surface area contributed by atoms with Crippen molar-refractivity contribution in [2.24, 2.45) is 0 Å². The molecule has 0 spiro atoms. The lowest BCUT2D eigenvalue weighted by Gasteiger charge is -2.31. The van der Waals surface area contributed by atoms with Crippen LogP contribution in [0.3, 0.4) is 0 Å². The molecule has 0 fully saturated rings. The van der Waals surface area contributed by atoms with Gasteiger partial charge in [-0.1, -0.05) is 91.5 Å². The van der Waals surface area contributed by atoms with Gasteiger partial charge in [-0.3, -0.25) is 0 Å². The first-order chi connectivity index (χ1) is 9.59. The minimum atomic E-state index is 0.100. The van der Waals surface area contributed by atoms with Crippen LogP contribution in [0.4, 0.5) is 0 Å². The van der Waals surface area contributed by atoms with Gasteiger partial charge in [-0.15, -0.1) is 0 Å². The Morgan fingerprint density at radius 1 is 0.750 bits per heavy atom. The molecule has 2 heteroatoms. The summed E-state index contributed by atoms with van der Waals surface area (Å²) in [6.07, 6.45) is 1.03. The molecule has 106 valence electrons. The van der Waals surface area contributed by atoms with E-state index in [-0.39, 0.29) is 5.41 Å². The Balaban J connectivity index is 2.33. The fourth-order valence-corrected chi connectivity index (χ4v) is 4.36. The molecule has 0 aliphatic heterocycles. The number of rotatable bonds is 5. The molecule has 0 amide bonds. The molecule has 2 rings (SSSR count). The number of hydrogen-bond donors (Lipinski definition) is 0. The summed E-state index contributed by atoms with van der Waals surface area (Å²) in [5.41, 5.74) is 5.49. The van der Waals surface area contributed by atoms with Crippen LogP contribution in [-0.2, 0) is 11.8 Å². The predicted octanol–water partition coefficient (Wildman–Crippen LogP) is 5.57. The van der Waals surface area contributed by atoms with E-state index in [1.807, 2.05) is 0 Å². The number of alkyl halides is 2. The van der Waals surface area contributed by atoms with Crippen molar-refractivity contribution in [1.29, 1.82) is 0 Å². The highest BCUT2D eigenvalue weighted by Crippen LogP contribution is 2.33. The zero-order valence-electron chi connectivity index (χ0n) is 12.0. The van der Waals surface area contributed by atoms with Gasteiger partial charge in [-0.25, -0.2) is 0 Å². The van der Waals surface area contributed by atoms with Gasteiger partial charge in [0.1, 0.15) is 0 Å². The van der Waals surface area contributed by atoms with E-state index in [2.05, 4.69) is 94.2 Å². The second-order valence-corrected chi connectivity index (χ2v) is 6.70. The summed E-state index contributed by atoms with van der Waals surface area (Å²) in [5.74, 6) is 0. The fourth-order valence-electron chi connectivity index (χ4n) is 2.39. The lowest BCUT2D eigenvalue weighted by Crippen LogP contribution is -2.33. The second kappa shape index (κ2) is 6.91. The van der Waals surface area contributed by atoms with Gasteiger partial charge in [0.25, 0.3) is 0 Å². The summed E-state index contributed by atoms with van der Waals surface area (Å²) in [6, 6.07) is 17.8. The summed E-state index contributed by atoms with van der Waals surface area (Å²) in [5, 5.41) is 1.89. The Kier molecular flexibility index (Phi) is 5.45. The topological polar surface area (TPSA) is 0 Å². The van der Waals surface area contributed by atoms with Gasteiger partial charge in [0.05, 0.1) is 0 Å². The van der Waals surface area contributed by atoms with E-state index in [0.717, 1.165) is 17.1 Å². The average molecular weight is 396 g/mol. The Bertz CT molecular complexity index is 537. The van der Waals surface area contributed by atoms with Gasteiger partial charge in [0, 0.05) is 16.1 Å². The molecule has 0 nitrogen and oxygen atoms in total. The van der Waals surface area contributed by atoms with Crippen molar-refractivity contribution in [3.8, 4) is 0 Å². The van der Waals surface area contributed by atoms with E-state index in [0.29, 0.717) is 0 Å². The van der Waals surface area contributed by atoms with Gasteiger partial charge in [0.2, 0.25) is 0 Å². The van der Waals surface area contributed by atoms with Crippen LogP contribution in [0.1, 0.15) is 22.3 Å². The number of hydrogen-bond acceptors (Lipinski definition) is 0. The van der Waals surface area contributed by atoms with Crippen LogP contribution in [0, 0.1) is 13.8 Å². The molecule has 0 saturated carbocycles. The molecule has 20 heavy (non-hydrogen) atoms. The third-order valence-corrected chi connectivity index (χ3v) is 5.99. The molecule has 0 aliphatic rings. The highest BCUT2D eigenvalue weighted by atomic mass is 79.9. The molecular weight excluding hydrogens is 376 g/mol. The first-order valence-electron chi connectivity index (χ1n) is 6.84. The molecule has 0 saturated heterocycles. The van der Waals surface area contributed by atoms with Gasteiger partial charge in [-0.2, -0.15) is 0 Å². The Morgan fingerprint density at radius 3 is 1.65 bits per heavy atom. The van der Waals surface area contributed by atoms with E-state index in [1.54, 1.807) is 0 Å². The van der Waals surface area contributed by atoms with Crippen LogP contribution in [-0.4, -0.2) is 10.7 Å². The maximum absolute atomic E-state index is 3.73. The largest absolute Gasteiger partial charge is 0.0918 e. The van der Waals surface area contributed by atoms with Gasteiger partial charge in [-0.05, 0) is 31.4 Å². The van der Waals surface area contributed by atoms with Crippen molar-refractivity contribution >= 4 is 31.9 Å². The Morgan fingerprint density at radius 2 is 1.20 bits per heavy atom. The fraction of sp³-hybridized carbons (Fsp3) is 0.333. The van der Waals surface area contributed by atoms with Crippen LogP contribution in [0.2, 0.25) is 0 Å². The van der Waals surface area contributed by atoms with E-state index in [4.69, 9.17) is 0 Å². The van der Waals surface area contributed by atoms with Crippen molar-refractivity contribution in [1.82, 2.24) is 0 Å². The molecule has 0 unspecified atom stereocenters. The van der Waals surface area contributed by atoms with Gasteiger partial charge in [0.15, 0.2) is 0 Å². The molecule has 0 radical (unpaired) electrons. The standard InChI is InChI=1S/C18H20Br2/c1-14-3-7-16(8-4-14)11-18(12-19,13-20)17-9-5-15(2)6-10-17/h3-10H,11-13H2,1-2H3. The molecule has 0 atom stereocenters. The van der Waals surface area contributed by atoms with Crippen molar-refractivity contribution in [2.75, 3.05) is 10.7 Å². The van der Waals surface area contributed by atoms with Crippen LogP contribution in [0.25, 0.3) is 0 Å². The molecule has 0 aromatic heterocycles. The molecule has 0 bridgehead atoms. The van der Waals surface area contributed by atoms with E-state index in [9.17, 15) is 0 Å². The zero-order valence-corrected chi connectivity index (χ0v) is 15.2. The molecule has 2 aromatic rings. The van der Waals surface area contributed by atoms with E-state index in [1.165, 1.54) is 22.3 Å². The van der Waals surface area contributed by atoms with Crippen LogP contribution in [0.15, 0.2) is 48.5 Å². The molecule has 0 heterocycles. The lowest BCUT2D eigenvalue weighted by atomic mass is 9.79. The van der Waals surface area contributed by atoms with Gasteiger partial charge >= 0.3 is 0 Å². The maximum atomic E-state index is 3.73. The lowest BCUT2D eigenvalue weighted by molar-refractivity contribution is 0.551. The second-order valence-electron chi connectivity index (χ2n) is 5.58. The molecule has 2 aromatic carbocycles. The predicted molar refractivity (Wildman–Crippen MR) is 95.3 cm³/mol. The highest BCUT2D eigenvalue weighted by molar-refractivity contribution is 9.09. The Labute approximate surface area is 138 Å². The van der Waals surface area contributed by atoms with Crippen molar-refractivity contribution in [3.05, 3.63) is 70.8 Å². The third kappa shape index (κ3) is 3.53. The van der Waals surface area contributed by atoms with Crippen LogP contribution < -0.4 is 0 Å². The molecule has 0 N–H and O–H groups in total. The van der Waals surface area contributed by atoms with Crippen molar-refractivity contribution < 1.29 is 0 Å². The molecule has 0 aliphatic carbocycles. The minimum absolute atomic E-state index is 0.100. The summed E-state index contributed by atoms with van der Waals surface area (Å²) in [4.78, 5) is 0. The maximum Gasteiger partial charge on any atom is 0.0187 e. The van der Waals surface area contributed by atoms with E-state index >= 15 is 0 Å². The SMILES string of the molecule is Cc1ccc(CC(CBr)(CBr)c2ccc(C)cc2)cc1. The third-order valence-electron chi connectivity index (χ3n) is 3.84. The summed E-state index contributed by atoms with van der Waals surface area (Å²) in [7, 11) is 0. The first-order valence-corrected chi connectivity index (χ1v) is 9.08. The van der Waals surface area contributed by atoms with Crippen LogP contribution >= 0.6 is 31.9 Å². The minimum Gasteiger partial charge on any atom is -0.0918 e. The Hall–Kier alpha value is -0.600. The van der Waals surface area contributed by atoms with Crippen molar-refractivity contribution in [2.45, 2.75) is 25.7 Å². The zero-order chi connectivity index (χ0) is 14.6. The number of aryl methyl sites for hydroxylation is 2. The summed E-state index contributed by atoms with van der Waals surface area (Å²) < 4.78 is 0. The number of halogens is 2. The summed E-state index contributed by atoms with van der Waals surface area (Å²) in [6.45, 7) is 4.26. The average Bonchev–Trinajstić information content (AvgIpc) is 2.48. The highest BCUT2D eigenvalue weighted by Gasteiger charge is 2.30. The van der Waals surface area contributed by atoms with Crippen molar-refractivity contribution in [3.63, 3.8) is 0 Å². The molecular formula is C18H20Br2. The van der Waals surface area contributed by atoms with Gasteiger partial charge < -0.3 is 0 Å². The number of benzene rings is 2. The quantitative estimate of drug-likeness (QED) is 0.580. The smallest absolute Gasteiger partial charge is 0.0187 e. The monoisotopic (exact) mass is 394 g/mol.